The van der Waals surface area contributed by atoms with E-state index in [0.717, 1.165) is 5.56 Å². The van der Waals surface area contributed by atoms with Crippen LogP contribution < -0.4 is 11.1 Å². The van der Waals surface area contributed by atoms with E-state index in [1.54, 1.807) is 0 Å². The predicted molar refractivity (Wildman–Crippen MR) is 75.5 cm³/mol. The van der Waals surface area contributed by atoms with Gasteiger partial charge >= 0.3 is 0 Å². The van der Waals surface area contributed by atoms with E-state index in [1.807, 2.05) is 30.3 Å². The number of benzene rings is 2. The molecular weight excluding hydrogens is 256 g/mol. The van der Waals surface area contributed by atoms with Crippen molar-refractivity contribution in [2.24, 2.45) is 5.73 Å². The zero-order valence-electron chi connectivity index (χ0n) is 10.8. The lowest BCUT2D eigenvalue weighted by atomic mass is 10.1. The van der Waals surface area contributed by atoms with Crippen molar-refractivity contribution in [1.29, 1.82) is 0 Å². The average molecular weight is 272 g/mol. The number of carbonyl (C=O) groups is 1. The maximum absolute atomic E-state index is 11.9. The van der Waals surface area contributed by atoms with Crippen LogP contribution in [0.2, 0.25) is 0 Å². The minimum Gasteiger partial charge on any atom is -0.508 e. The summed E-state index contributed by atoms with van der Waals surface area (Å²) in [5.74, 6) is -0.751. The summed E-state index contributed by atoms with van der Waals surface area (Å²) in [7, 11) is 0. The predicted octanol–water partition coefficient (Wildman–Crippen LogP) is 1.53. The van der Waals surface area contributed by atoms with Crippen LogP contribution in [-0.4, -0.2) is 22.7 Å². The second kappa shape index (κ2) is 6.08. The molecule has 20 heavy (non-hydrogen) atoms. The molecule has 2 aromatic carbocycles. The maximum atomic E-state index is 11.9. The highest BCUT2D eigenvalue weighted by molar-refractivity contribution is 5.97. The Morgan fingerprint density at radius 1 is 1.15 bits per heavy atom. The van der Waals surface area contributed by atoms with Crippen molar-refractivity contribution in [2.45, 2.75) is 6.04 Å². The molecule has 0 saturated carbocycles. The molecule has 0 spiro atoms. The molecule has 2 aromatic rings. The van der Waals surface area contributed by atoms with Crippen molar-refractivity contribution in [3.8, 4) is 11.5 Å². The smallest absolute Gasteiger partial charge is 0.255 e. The fourth-order valence-electron chi connectivity index (χ4n) is 1.82. The second-order valence-electron chi connectivity index (χ2n) is 4.43. The number of nitrogens with one attached hydrogen (secondary N) is 1. The van der Waals surface area contributed by atoms with Gasteiger partial charge in [0.25, 0.3) is 5.91 Å². The Balaban J connectivity index is 2.00. The summed E-state index contributed by atoms with van der Waals surface area (Å²) >= 11 is 0. The van der Waals surface area contributed by atoms with Crippen LogP contribution in [0.3, 0.4) is 0 Å². The molecule has 0 bridgehead atoms. The first-order chi connectivity index (χ1) is 9.58. The summed E-state index contributed by atoms with van der Waals surface area (Å²) in [5.41, 5.74) is 6.89. The highest BCUT2D eigenvalue weighted by Gasteiger charge is 2.13. The van der Waals surface area contributed by atoms with E-state index in [2.05, 4.69) is 5.32 Å². The van der Waals surface area contributed by atoms with Gasteiger partial charge < -0.3 is 21.3 Å². The van der Waals surface area contributed by atoms with Crippen molar-refractivity contribution < 1.29 is 15.0 Å². The Hall–Kier alpha value is -2.53. The highest BCUT2D eigenvalue weighted by atomic mass is 16.3. The van der Waals surface area contributed by atoms with Crippen LogP contribution in [0.5, 0.6) is 11.5 Å². The van der Waals surface area contributed by atoms with Crippen LogP contribution in [-0.2, 0) is 0 Å². The molecule has 0 saturated heterocycles. The Kier molecular flexibility index (Phi) is 4.22. The van der Waals surface area contributed by atoms with Gasteiger partial charge in [-0.05, 0) is 23.8 Å². The van der Waals surface area contributed by atoms with Gasteiger partial charge in [0.05, 0.1) is 5.56 Å². The number of amides is 1. The molecule has 104 valence electrons. The molecule has 0 radical (unpaired) electrons. The summed E-state index contributed by atoms with van der Waals surface area (Å²) in [5, 5.41) is 21.5. The second-order valence-corrected chi connectivity index (χ2v) is 4.43. The topological polar surface area (TPSA) is 95.6 Å². The van der Waals surface area contributed by atoms with Crippen LogP contribution >= 0.6 is 0 Å². The third-order valence-electron chi connectivity index (χ3n) is 2.94. The van der Waals surface area contributed by atoms with Gasteiger partial charge in [0.15, 0.2) is 0 Å². The fourth-order valence-corrected chi connectivity index (χ4v) is 1.82. The van der Waals surface area contributed by atoms with E-state index >= 15 is 0 Å². The number of hydrogen-bond donors (Lipinski definition) is 4. The number of rotatable bonds is 4. The zero-order chi connectivity index (χ0) is 14.5. The summed E-state index contributed by atoms with van der Waals surface area (Å²) in [4.78, 5) is 11.9. The molecule has 0 aliphatic carbocycles. The van der Waals surface area contributed by atoms with E-state index in [-0.39, 0.29) is 29.6 Å². The van der Waals surface area contributed by atoms with Crippen LogP contribution in [0, 0.1) is 0 Å². The SMILES string of the molecule is NC(CNC(=O)c1cc(O)ccc1O)c1ccccc1. The molecule has 0 aliphatic heterocycles. The van der Waals surface area contributed by atoms with Crippen molar-refractivity contribution in [1.82, 2.24) is 5.32 Å². The summed E-state index contributed by atoms with van der Waals surface area (Å²) in [6, 6.07) is 12.8. The lowest BCUT2D eigenvalue weighted by Crippen LogP contribution is -2.31. The number of carbonyl (C=O) groups excluding carboxylic acids is 1. The molecule has 0 heterocycles. The number of nitrogens with two attached hydrogens (primary N) is 1. The van der Waals surface area contributed by atoms with Gasteiger partial charge in [-0.3, -0.25) is 4.79 Å². The van der Waals surface area contributed by atoms with Crippen molar-refractivity contribution in [3.05, 3.63) is 59.7 Å². The van der Waals surface area contributed by atoms with Gasteiger partial charge in [0.2, 0.25) is 0 Å². The number of phenols is 2. The first kappa shape index (κ1) is 13.9. The molecule has 5 N–H and O–H groups in total. The number of aromatic hydroxyl groups is 2. The largest absolute Gasteiger partial charge is 0.508 e. The lowest BCUT2D eigenvalue weighted by molar-refractivity contribution is 0.0948. The molecule has 1 amide bonds. The van der Waals surface area contributed by atoms with Crippen LogP contribution in [0.1, 0.15) is 22.0 Å². The summed E-state index contributed by atoms with van der Waals surface area (Å²) < 4.78 is 0. The molecule has 5 heteroatoms. The Labute approximate surface area is 116 Å². The summed E-state index contributed by atoms with van der Waals surface area (Å²) in [6.07, 6.45) is 0. The molecular formula is C15H16N2O3. The Morgan fingerprint density at radius 2 is 1.85 bits per heavy atom. The normalized spacial score (nSPS) is 11.8. The minimum absolute atomic E-state index is 0.0188. The first-order valence-corrected chi connectivity index (χ1v) is 6.18. The number of hydrogen-bond acceptors (Lipinski definition) is 4. The van der Waals surface area contributed by atoms with Crippen LogP contribution in [0.25, 0.3) is 0 Å². The third kappa shape index (κ3) is 3.27. The number of phenolic OH excluding ortho intramolecular Hbond substituents is 2. The van der Waals surface area contributed by atoms with E-state index in [4.69, 9.17) is 5.73 Å². The van der Waals surface area contributed by atoms with E-state index in [1.165, 1.54) is 18.2 Å². The molecule has 0 aromatic heterocycles. The third-order valence-corrected chi connectivity index (χ3v) is 2.94. The molecule has 0 fully saturated rings. The molecule has 0 aliphatic rings. The quantitative estimate of drug-likeness (QED) is 0.635. The van der Waals surface area contributed by atoms with Gasteiger partial charge in [0, 0.05) is 12.6 Å². The standard InChI is InChI=1S/C15H16N2O3/c16-13(10-4-2-1-3-5-10)9-17-15(20)12-8-11(18)6-7-14(12)19/h1-8,13,18-19H,9,16H2,(H,17,20). The molecule has 5 nitrogen and oxygen atoms in total. The molecule has 1 unspecified atom stereocenters. The Bertz CT molecular complexity index is 599. The highest BCUT2D eigenvalue weighted by Crippen LogP contribution is 2.21. The van der Waals surface area contributed by atoms with Crippen molar-refractivity contribution >= 4 is 5.91 Å². The van der Waals surface area contributed by atoms with Crippen LogP contribution in [0.15, 0.2) is 48.5 Å². The van der Waals surface area contributed by atoms with Gasteiger partial charge in [-0.1, -0.05) is 30.3 Å². The molecule has 1 atom stereocenters. The van der Waals surface area contributed by atoms with Crippen molar-refractivity contribution in [2.75, 3.05) is 6.54 Å². The van der Waals surface area contributed by atoms with Crippen molar-refractivity contribution in [3.63, 3.8) is 0 Å². The minimum atomic E-state index is -0.482. The first-order valence-electron chi connectivity index (χ1n) is 6.18. The Morgan fingerprint density at radius 3 is 2.55 bits per heavy atom. The van der Waals surface area contributed by atoms with E-state index in [9.17, 15) is 15.0 Å². The lowest BCUT2D eigenvalue weighted by Gasteiger charge is -2.13. The molecule has 2 rings (SSSR count). The van der Waals surface area contributed by atoms with Gasteiger partial charge in [-0.2, -0.15) is 0 Å². The van der Waals surface area contributed by atoms with Gasteiger partial charge in [-0.15, -0.1) is 0 Å². The van der Waals surface area contributed by atoms with E-state index in [0.29, 0.717) is 0 Å². The maximum Gasteiger partial charge on any atom is 0.255 e. The fraction of sp³-hybridized carbons (Fsp3) is 0.133. The summed E-state index contributed by atoms with van der Waals surface area (Å²) in [6.45, 7) is 0.234. The average Bonchev–Trinajstić information content (AvgIpc) is 2.47. The zero-order valence-corrected chi connectivity index (χ0v) is 10.8. The van der Waals surface area contributed by atoms with E-state index < -0.39 is 5.91 Å². The monoisotopic (exact) mass is 272 g/mol. The van der Waals surface area contributed by atoms with Gasteiger partial charge in [0.1, 0.15) is 11.5 Å². The van der Waals surface area contributed by atoms with Gasteiger partial charge in [-0.25, -0.2) is 0 Å². The van der Waals surface area contributed by atoms with Crippen LogP contribution in [0.4, 0.5) is 0 Å².